The smallest absolute Gasteiger partial charge is 0.366 e. The van der Waals surface area contributed by atoms with Crippen LogP contribution in [0.2, 0.25) is 0 Å². The molecular formula is C9H11F3N4O3. The summed E-state index contributed by atoms with van der Waals surface area (Å²) in [5, 5.41) is 3.47. The van der Waals surface area contributed by atoms with E-state index in [-0.39, 0.29) is 31.4 Å². The van der Waals surface area contributed by atoms with E-state index < -0.39 is 18.2 Å². The van der Waals surface area contributed by atoms with Crippen LogP contribution in [0.1, 0.15) is 16.5 Å². The second-order valence-corrected chi connectivity index (χ2v) is 4.02. The number of nitrogens with two attached hydrogens (primary N) is 1. The lowest BCUT2D eigenvalue weighted by Crippen LogP contribution is -2.48. The molecule has 0 aliphatic carbocycles. The molecule has 2 rings (SSSR count). The molecule has 0 radical (unpaired) electrons. The predicted molar refractivity (Wildman–Crippen MR) is 53.9 cm³/mol. The summed E-state index contributed by atoms with van der Waals surface area (Å²) in [7, 11) is 0. The van der Waals surface area contributed by atoms with Crippen LogP contribution >= 0.6 is 0 Å². The van der Waals surface area contributed by atoms with Crippen molar-refractivity contribution in [3.63, 3.8) is 0 Å². The van der Waals surface area contributed by atoms with Crippen LogP contribution in [-0.4, -0.2) is 52.9 Å². The first-order valence-corrected chi connectivity index (χ1v) is 5.39. The minimum Gasteiger partial charge on any atom is -0.366 e. The molecule has 1 saturated heterocycles. The summed E-state index contributed by atoms with van der Waals surface area (Å²) in [4.78, 5) is 15.9. The Labute approximate surface area is 105 Å². The molecule has 1 aromatic rings. The molecular weight excluding hydrogens is 269 g/mol. The molecule has 19 heavy (non-hydrogen) atoms. The van der Waals surface area contributed by atoms with Crippen molar-refractivity contribution in [1.29, 1.82) is 0 Å². The molecule has 1 atom stereocenters. The molecule has 0 bridgehead atoms. The van der Waals surface area contributed by atoms with E-state index in [0.717, 1.165) is 0 Å². The zero-order valence-corrected chi connectivity index (χ0v) is 9.68. The van der Waals surface area contributed by atoms with E-state index in [1.54, 1.807) is 0 Å². The van der Waals surface area contributed by atoms with Crippen LogP contribution in [-0.2, 0) is 11.3 Å². The molecule has 1 amide bonds. The number of aromatic nitrogens is 2. The predicted octanol–water partition coefficient (Wildman–Crippen LogP) is -0.0684. The first kappa shape index (κ1) is 13.7. The van der Waals surface area contributed by atoms with Crippen LogP contribution < -0.4 is 5.73 Å². The number of halogens is 3. The molecule has 1 aliphatic rings. The lowest BCUT2D eigenvalue weighted by Gasteiger charge is -2.32. The van der Waals surface area contributed by atoms with Gasteiger partial charge in [0, 0.05) is 13.1 Å². The maximum Gasteiger partial charge on any atom is 0.415 e. The van der Waals surface area contributed by atoms with E-state index in [0.29, 0.717) is 6.54 Å². The molecule has 0 aromatic carbocycles. The van der Waals surface area contributed by atoms with E-state index in [9.17, 15) is 18.0 Å². The third-order valence-corrected chi connectivity index (χ3v) is 2.56. The van der Waals surface area contributed by atoms with Gasteiger partial charge in [0.1, 0.15) is 0 Å². The Balaban J connectivity index is 1.96. The van der Waals surface area contributed by atoms with Gasteiger partial charge in [0.2, 0.25) is 0 Å². The van der Waals surface area contributed by atoms with Gasteiger partial charge in [0.15, 0.2) is 11.9 Å². The van der Waals surface area contributed by atoms with Crippen molar-refractivity contribution in [2.75, 3.05) is 19.7 Å². The quantitative estimate of drug-likeness (QED) is 0.833. The number of carbonyl (C=O) groups is 1. The van der Waals surface area contributed by atoms with Gasteiger partial charge < -0.3 is 15.0 Å². The van der Waals surface area contributed by atoms with Gasteiger partial charge in [0.05, 0.1) is 13.2 Å². The number of hydrogen-bond donors (Lipinski definition) is 1. The molecule has 0 spiro atoms. The average Bonchev–Trinajstić information content (AvgIpc) is 2.77. The normalized spacial score (nSPS) is 21.5. The largest absolute Gasteiger partial charge is 0.415 e. The summed E-state index contributed by atoms with van der Waals surface area (Å²) in [5.41, 5.74) is 4.92. The number of carbonyl (C=O) groups excluding carboxylic acids is 1. The fraction of sp³-hybridized carbons (Fsp3) is 0.667. The molecule has 0 saturated carbocycles. The van der Waals surface area contributed by atoms with Crippen molar-refractivity contribution >= 4 is 5.91 Å². The second-order valence-electron chi connectivity index (χ2n) is 4.02. The minimum absolute atomic E-state index is 0.0344. The van der Waals surface area contributed by atoms with Crippen LogP contribution in [0.25, 0.3) is 0 Å². The van der Waals surface area contributed by atoms with E-state index in [4.69, 9.17) is 5.73 Å². The third-order valence-electron chi connectivity index (χ3n) is 2.56. The van der Waals surface area contributed by atoms with Gasteiger partial charge in [-0.3, -0.25) is 9.69 Å². The van der Waals surface area contributed by atoms with Crippen LogP contribution in [0.4, 0.5) is 13.2 Å². The number of primary amides is 1. The molecule has 1 aromatic heterocycles. The topological polar surface area (TPSA) is 94.5 Å². The summed E-state index contributed by atoms with van der Waals surface area (Å²) in [6, 6.07) is 0. The van der Waals surface area contributed by atoms with Crippen molar-refractivity contribution < 1.29 is 27.2 Å². The molecule has 0 unspecified atom stereocenters. The Morgan fingerprint density at radius 2 is 2.26 bits per heavy atom. The summed E-state index contributed by atoms with van der Waals surface area (Å²) in [6.45, 7) is -0.00556. The molecule has 2 N–H and O–H groups in total. The van der Waals surface area contributed by atoms with Gasteiger partial charge in [0.25, 0.3) is 0 Å². The fourth-order valence-electron chi connectivity index (χ4n) is 1.66. The van der Waals surface area contributed by atoms with Gasteiger partial charge in [-0.05, 0) is 0 Å². The Morgan fingerprint density at radius 3 is 2.84 bits per heavy atom. The number of hydrogen-bond acceptors (Lipinski definition) is 6. The Morgan fingerprint density at radius 1 is 1.53 bits per heavy atom. The molecule has 2 heterocycles. The summed E-state index contributed by atoms with van der Waals surface area (Å²) in [5.74, 6) is -1.14. The molecule has 10 heteroatoms. The van der Waals surface area contributed by atoms with Crippen molar-refractivity contribution in [3.05, 3.63) is 11.7 Å². The van der Waals surface area contributed by atoms with Gasteiger partial charge in [-0.15, -0.1) is 0 Å². The van der Waals surface area contributed by atoms with Gasteiger partial charge in [-0.25, -0.2) is 0 Å². The van der Waals surface area contributed by atoms with E-state index in [1.807, 2.05) is 0 Å². The van der Waals surface area contributed by atoms with E-state index in [2.05, 4.69) is 19.4 Å². The number of nitrogens with zero attached hydrogens (tertiary/aromatic N) is 3. The first-order chi connectivity index (χ1) is 8.86. The van der Waals surface area contributed by atoms with Crippen LogP contribution in [0.15, 0.2) is 4.52 Å². The van der Waals surface area contributed by atoms with E-state index >= 15 is 0 Å². The molecule has 106 valence electrons. The van der Waals surface area contributed by atoms with Crippen molar-refractivity contribution in [1.82, 2.24) is 15.0 Å². The van der Waals surface area contributed by atoms with Crippen LogP contribution in [0, 0.1) is 0 Å². The summed E-state index contributed by atoms with van der Waals surface area (Å²) in [6.07, 6.45) is -6.24. The molecule has 7 nitrogen and oxygen atoms in total. The van der Waals surface area contributed by atoms with Crippen molar-refractivity contribution in [3.8, 4) is 0 Å². The lowest BCUT2D eigenvalue weighted by atomic mass is 10.2. The standard InChI is InChI=1S/C9H11F3N4O3/c10-9(11,12)5-3-16(1-2-18-5)4-6-14-8(7(13)17)19-15-6/h5H,1-4H2,(H2,13,17)/t5-/m1/s1. The lowest BCUT2D eigenvalue weighted by molar-refractivity contribution is -0.237. The number of morpholine rings is 1. The first-order valence-electron chi connectivity index (χ1n) is 5.39. The molecule has 1 fully saturated rings. The number of amides is 1. The van der Waals surface area contributed by atoms with Crippen molar-refractivity contribution in [2.45, 2.75) is 18.8 Å². The number of ether oxygens (including phenoxy) is 1. The molecule has 1 aliphatic heterocycles. The van der Waals surface area contributed by atoms with Crippen LogP contribution in [0.3, 0.4) is 0 Å². The summed E-state index contributed by atoms with van der Waals surface area (Å²) < 4.78 is 46.7. The number of rotatable bonds is 3. The maximum absolute atomic E-state index is 12.5. The third kappa shape index (κ3) is 3.41. The average molecular weight is 280 g/mol. The highest BCUT2D eigenvalue weighted by atomic mass is 19.4. The minimum atomic E-state index is -4.41. The highest BCUT2D eigenvalue weighted by Crippen LogP contribution is 2.26. The Kier molecular flexibility index (Phi) is 3.71. The number of alkyl halides is 3. The monoisotopic (exact) mass is 280 g/mol. The highest BCUT2D eigenvalue weighted by Gasteiger charge is 2.43. The zero-order valence-electron chi connectivity index (χ0n) is 9.68. The van der Waals surface area contributed by atoms with Gasteiger partial charge in [-0.1, -0.05) is 5.16 Å². The zero-order chi connectivity index (χ0) is 14.0. The van der Waals surface area contributed by atoms with E-state index in [1.165, 1.54) is 4.90 Å². The Bertz CT molecular complexity index is 462. The highest BCUT2D eigenvalue weighted by molar-refractivity contribution is 5.87. The van der Waals surface area contributed by atoms with Gasteiger partial charge >= 0.3 is 18.0 Å². The van der Waals surface area contributed by atoms with Crippen molar-refractivity contribution in [2.24, 2.45) is 5.73 Å². The van der Waals surface area contributed by atoms with Crippen LogP contribution in [0.5, 0.6) is 0 Å². The Hall–Kier alpha value is -1.68. The SMILES string of the molecule is NC(=O)c1nc(CN2CCO[C@@H](C(F)(F)F)C2)no1. The second kappa shape index (κ2) is 5.13. The van der Waals surface area contributed by atoms with Gasteiger partial charge in [-0.2, -0.15) is 18.2 Å². The maximum atomic E-state index is 12.5. The fourth-order valence-corrected chi connectivity index (χ4v) is 1.66. The summed E-state index contributed by atoms with van der Waals surface area (Å²) >= 11 is 0.